The molecule has 1 amide bonds. The number of piperidine rings is 1. The van der Waals surface area contributed by atoms with Gasteiger partial charge in [-0.05, 0) is 81.3 Å². The van der Waals surface area contributed by atoms with Crippen molar-refractivity contribution in [2.45, 2.75) is 39.0 Å². The summed E-state index contributed by atoms with van der Waals surface area (Å²) in [5, 5.41) is 7.73. The summed E-state index contributed by atoms with van der Waals surface area (Å²) in [4.78, 5) is 29.9. The molecule has 2 fully saturated rings. The highest BCUT2D eigenvalue weighted by molar-refractivity contribution is 6.06. The van der Waals surface area contributed by atoms with Crippen LogP contribution in [0.5, 0.6) is 0 Å². The Kier molecular flexibility index (Phi) is 7.50. The van der Waals surface area contributed by atoms with Crippen molar-refractivity contribution in [3.05, 3.63) is 65.9 Å². The number of amides is 1. The molecule has 0 unspecified atom stereocenters. The van der Waals surface area contributed by atoms with Gasteiger partial charge in [-0.2, -0.15) is 5.06 Å². The molecule has 3 heterocycles. The molecule has 0 atom stereocenters. The third kappa shape index (κ3) is 6.17. The number of hydroxylamine groups is 1. The van der Waals surface area contributed by atoms with E-state index in [0.29, 0.717) is 28.3 Å². The first kappa shape index (κ1) is 25.0. The van der Waals surface area contributed by atoms with Crippen molar-refractivity contribution in [3.63, 3.8) is 0 Å². The van der Waals surface area contributed by atoms with E-state index in [-0.39, 0.29) is 11.7 Å². The number of carbonyl (C=O) groups is 1. The van der Waals surface area contributed by atoms with Crippen LogP contribution < -0.4 is 20.6 Å². The highest BCUT2D eigenvalue weighted by atomic mass is 19.1. The van der Waals surface area contributed by atoms with Crippen LogP contribution in [0.15, 0.2) is 48.8 Å². The first-order valence-electron chi connectivity index (χ1n) is 12.9. The number of aryl methyl sites for hydroxylation is 1. The predicted molar refractivity (Wildman–Crippen MR) is 144 cm³/mol. The van der Waals surface area contributed by atoms with E-state index in [1.807, 2.05) is 12.1 Å². The molecule has 1 aliphatic heterocycles. The molecule has 0 radical (unpaired) electrons. The van der Waals surface area contributed by atoms with E-state index in [9.17, 15) is 9.18 Å². The smallest absolute Gasteiger partial charge is 0.284 e. The first-order valence-corrected chi connectivity index (χ1v) is 12.9. The summed E-state index contributed by atoms with van der Waals surface area (Å²) >= 11 is 0. The number of nitrogens with one attached hydrogen (secondary N) is 2. The number of benzene rings is 1. The van der Waals surface area contributed by atoms with Gasteiger partial charge in [-0.15, -0.1) is 0 Å². The molecule has 0 bridgehead atoms. The van der Waals surface area contributed by atoms with Crippen LogP contribution in [0.4, 0.5) is 33.0 Å². The Balaban J connectivity index is 1.33. The van der Waals surface area contributed by atoms with Crippen molar-refractivity contribution in [1.82, 2.24) is 9.97 Å². The lowest BCUT2D eigenvalue weighted by atomic mass is 10.1. The summed E-state index contributed by atoms with van der Waals surface area (Å²) in [6.45, 7) is 4.53. The summed E-state index contributed by atoms with van der Waals surface area (Å²) in [6, 6.07) is 10.3. The summed E-state index contributed by atoms with van der Waals surface area (Å²) in [5.41, 5.74) is 3.48. The van der Waals surface area contributed by atoms with Gasteiger partial charge in [0.15, 0.2) is 0 Å². The average Bonchev–Trinajstić information content (AvgIpc) is 3.74. The van der Waals surface area contributed by atoms with E-state index in [2.05, 4.69) is 25.5 Å². The minimum Gasteiger partial charge on any atom is -0.371 e. The quantitative estimate of drug-likeness (QED) is 0.362. The number of hydrogen-bond donors (Lipinski definition) is 2. The molecular weight excluding hydrogens is 471 g/mol. The maximum Gasteiger partial charge on any atom is 0.284 e. The normalized spacial score (nSPS) is 15.4. The summed E-state index contributed by atoms with van der Waals surface area (Å²) in [5.74, 6) is 0.820. The van der Waals surface area contributed by atoms with Crippen LogP contribution in [0, 0.1) is 18.7 Å². The SMILES string of the molecule is CON(C(=O)c1cc(Nc2cc(F)cc(N3CCCCC3)c2)cnc1C)c1ccc(NCC2CC2)nc1. The average molecular weight is 505 g/mol. The summed E-state index contributed by atoms with van der Waals surface area (Å²) in [6.07, 6.45) is 9.19. The molecule has 2 aliphatic rings. The van der Waals surface area contributed by atoms with Gasteiger partial charge >= 0.3 is 0 Å². The van der Waals surface area contributed by atoms with Crippen LogP contribution in [0.1, 0.15) is 48.2 Å². The van der Waals surface area contributed by atoms with E-state index >= 15 is 0 Å². The largest absolute Gasteiger partial charge is 0.371 e. The fraction of sp³-hybridized carbons (Fsp3) is 0.393. The fourth-order valence-electron chi connectivity index (χ4n) is 4.56. The number of pyridine rings is 2. The second kappa shape index (κ2) is 11.1. The van der Waals surface area contributed by atoms with Gasteiger partial charge in [-0.3, -0.25) is 14.6 Å². The topological polar surface area (TPSA) is 82.6 Å². The maximum absolute atomic E-state index is 14.4. The van der Waals surface area contributed by atoms with Crippen molar-refractivity contribution in [3.8, 4) is 0 Å². The van der Waals surface area contributed by atoms with E-state index in [4.69, 9.17) is 4.84 Å². The van der Waals surface area contributed by atoms with Gasteiger partial charge in [0.25, 0.3) is 5.91 Å². The maximum atomic E-state index is 14.4. The number of nitrogens with zero attached hydrogens (tertiary/aromatic N) is 4. The number of anilines is 5. The Bertz CT molecular complexity index is 1240. The fourth-order valence-corrected chi connectivity index (χ4v) is 4.56. The molecule has 9 heteroatoms. The lowest BCUT2D eigenvalue weighted by Gasteiger charge is -2.29. The van der Waals surface area contributed by atoms with E-state index < -0.39 is 0 Å². The highest BCUT2D eigenvalue weighted by Crippen LogP contribution is 2.30. The Morgan fingerprint density at radius 2 is 1.89 bits per heavy atom. The van der Waals surface area contributed by atoms with Crippen LogP contribution in [0.3, 0.4) is 0 Å². The van der Waals surface area contributed by atoms with Gasteiger partial charge in [0.05, 0.1) is 42.1 Å². The zero-order chi connectivity index (χ0) is 25.8. The lowest BCUT2D eigenvalue weighted by molar-refractivity contribution is 0.0772. The van der Waals surface area contributed by atoms with Crippen molar-refractivity contribution in [2.75, 3.05) is 47.3 Å². The monoisotopic (exact) mass is 504 g/mol. The van der Waals surface area contributed by atoms with Crippen LogP contribution >= 0.6 is 0 Å². The second-order valence-electron chi connectivity index (χ2n) is 9.74. The summed E-state index contributed by atoms with van der Waals surface area (Å²) in [7, 11) is 1.44. The predicted octanol–water partition coefficient (Wildman–Crippen LogP) is 5.69. The molecule has 1 saturated carbocycles. The van der Waals surface area contributed by atoms with Crippen molar-refractivity contribution in [1.29, 1.82) is 0 Å². The molecule has 3 aromatic rings. The minimum absolute atomic E-state index is 0.310. The number of carbonyl (C=O) groups excluding carboxylic acids is 1. The van der Waals surface area contributed by atoms with Crippen LogP contribution in [0.25, 0.3) is 0 Å². The number of halogens is 1. The minimum atomic E-state index is -0.370. The summed E-state index contributed by atoms with van der Waals surface area (Å²) < 4.78 is 14.4. The molecule has 194 valence electrons. The Hall–Kier alpha value is -3.72. The number of rotatable bonds is 9. The Morgan fingerprint density at radius 3 is 2.59 bits per heavy atom. The van der Waals surface area contributed by atoms with Crippen molar-refractivity contribution in [2.24, 2.45) is 5.92 Å². The van der Waals surface area contributed by atoms with E-state index in [1.165, 1.54) is 37.5 Å². The molecule has 8 nitrogen and oxygen atoms in total. The standard InChI is InChI=1S/C28H33FN6O2/c1-19-26(28(36)35(37-2)24-8-9-27(32-18-24)31-16-20-6-7-20)15-23(17-30-19)33-22-12-21(29)13-25(14-22)34-10-4-3-5-11-34/h8-9,12-15,17-18,20,33H,3-7,10-11,16H2,1-2H3,(H,31,32). The Morgan fingerprint density at radius 1 is 1.08 bits per heavy atom. The number of hydrogen-bond acceptors (Lipinski definition) is 7. The van der Waals surface area contributed by atoms with E-state index in [1.54, 1.807) is 37.5 Å². The van der Waals surface area contributed by atoms with Crippen LogP contribution in [-0.4, -0.2) is 42.6 Å². The molecule has 2 N–H and O–H groups in total. The van der Waals surface area contributed by atoms with Crippen molar-refractivity contribution >= 4 is 34.5 Å². The number of aromatic nitrogens is 2. The molecule has 37 heavy (non-hydrogen) atoms. The Labute approximate surface area is 216 Å². The highest BCUT2D eigenvalue weighted by Gasteiger charge is 2.23. The van der Waals surface area contributed by atoms with Crippen molar-refractivity contribution < 1.29 is 14.0 Å². The van der Waals surface area contributed by atoms with Gasteiger partial charge in [-0.25, -0.2) is 9.37 Å². The third-order valence-electron chi connectivity index (χ3n) is 6.83. The molecule has 1 saturated heterocycles. The van der Waals surface area contributed by atoms with Gasteiger partial charge < -0.3 is 15.5 Å². The van der Waals surface area contributed by atoms with E-state index in [0.717, 1.165) is 49.9 Å². The molecule has 1 aromatic carbocycles. The van der Waals surface area contributed by atoms with Crippen LogP contribution in [0.2, 0.25) is 0 Å². The molecular formula is C28H33FN6O2. The van der Waals surface area contributed by atoms with Crippen LogP contribution in [-0.2, 0) is 4.84 Å². The van der Waals surface area contributed by atoms with Gasteiger partial charge in [0, 0.05) is 31.0 Å². The zero-order valence-corrected chi connectivity index (χ0v) is 21.3. The van der Waals surface area contributed by atoms with Gasteiger partial charge in [0.1, 0.15) is 11.6 Å². The molecule has 5 rings (SSSR count). The first-order chi connectivity index (χ1) is 18.0. The molecule has 0 spiro atoms. The van der Waals surface area contributed by atoms with Gasteiger partial charge in [0.2, 0.25) is 0 Å². The lowest BCUT2D eigenvalue weighted by Crippen LogP contribution is -2.30. The third-order valence-corrected chi connectivity index (χ3v) is 6.83. The zero-order valence-electron chi connectivity index (χ0n) is 21.3. The second-order valence-corrected chi connectivity index (χ2v) is 9.74. The van der Waals surface area contributed by atoms with Gasteiger partial charge in [-0.1, -0.05) is 0 Å². The molecule has 1 aliphatic carbocycles. The molecule has 2 aromatic heterocycles.